The van der Waals surface area contributed by atoms with Gasteiger partial charge in [-0.05, 0) is 32.1 Å². The maximum atomic E-state index is 12.6. The molecular formula is C13H21F3IN3O. The average molecular weight is 419 g/mol. The van der Waals surface area contributed by atoms with Gasteiger partial charge in [-0.3, -0.25) is 10.6 Å². The van der Waals surface area contributed by atoms with Crippen LogP contribution >= 0.6 is 22.6 Å². The Hall–Kier alpha value is -0.0900. The lowest BCUT2D eigenvalue weighted by molar-refractivity contribution is -0.207. The Morgan fingerprint density at radius 3 is 2.52 bits per heavy atom. The summed E-state index contributed by atoms with van der Waals surface area (Å²) in [6, 6.07) is 0.00749. The molecule has 0 spiro atoms. The van der Waals surface area contributed by atoms with E-state index in [0.29, 0.717) is 6.54 Å². The van der Waals surface area contributed by atoms with Crippen LogP contribution in [0, 0.1) is 11.8 Å². The van der Waals surface area contributed by atoms with Crippen LogP contribution in [0.3, 0.4) is 0 Å². The molecule has 8 heteroatoms. The van der Waals surface area contributed by atoms with Gasteiger partial charge in [0.25, 0.3) is 0 Å². The van der Waals surface area contributed by atoms with Crippen LogP contribution in [0.5, 0.6) is 0 Å². The van der Waals surface area contributed by atoms with Crippen LogP contribution in [0.4, 0.5) is 13.2 Å². The molecule has 1 saturated carbocycles. The SMILES string of the molecule is CN(N)CC1CCCC(I)N1C(=O)C1CC(C(F)(F)F)C1. The number of nitrogens with zero attached hydrogens (tertiary/aromatic N) is 2. The van der Waals surface area contributed by atoms with E-state index in [1.807, 2.05) is 0 Å². The fourth-order valence-corrected chi connectivity index (χ4v) is 4.33. The number of hydrogen-bond acceptors (Lipinski definition) is 3. The van der Waals surface area contributed by atoms with E-state index < -0.39 is 18.0 Å². The largest absolute Gasteiger partial charge is 0.391 e. The normalized spacial score (nSPS) is 34.0. The van der Waals surface area contributed by atoms with Crippen molar-refractivity contribution in [2.75, 3.05) is 13.6 Å². The predicted molar refractivity (Wildman–Crippen MR) is 81.4 cm³/mol. The molecule has 122 valence electrons. The zero-order valence-corrected chi connectivity index (χ0v) is 14.1. The lowest BCUT2D eigenvalue weighted by Gasteiger charge is -2.45. The summed E-state index contributed by atoms with van der Waals surface area (Å²) in [5, 5.41) is 1.54. The van der Waals surface area contributed by atoms with E-state index in [0.717, 1.165) is 19.3 Å². The fraction of sp³-hybridized carbons (Fsp3) is 0.923. The Labute approximate surface area is 136 Å². The van der Waals surface area contributed by atoms with Gasteiger partial charge in [-0.25, -0.2) is 5.01 Å². The number of carbonyl (C=O) groups is 1. The molecule has 1 aliphatic heterocycles. The first kappa shape index (κ1) is 17.3. The topological polar surface area (TPSA) is 49.6 Å². The summed E-state index contributed by atoms with van der Waals surface area (Å²) in [5.74, 6) is 3.77. The maximum Gasteiger partial charge on any atom is 0.391 e. The molecule has 0 aromatic heterocycles. The van der Waals surface area contributed by atoms with Crippen LogP contribution in [0.2, 0.25) is 0 Å². The number of halogens is 4. The third-order valence-corrected chi connectivity index (χ3v) is 5.60. The summed E-state index contributed by atoms with van der Waals surface area (Å²) in [6.07, 6.45) is -1.51. The summed E-state index contributed by atoms with van der Waals surface area (Å²) in [5.41, 5.74) is 0. The number of carbonyl (C=O) groups excluding carboxylic acids is 1. The predicted octanol–water partition coefficient (Wildman–Crippen LogP) is 2.52. The molecule has 1 heterocycles. The van der Waals surface area contributed by atoms with E-state index in [4.69, 9.17) is 5.84 Å². The van der Waals surface area contributed by atoms with Gasteiger partial charge in [0, 0.05) is 25.6 Å². The van der Waals surface area contributed by atoms with E-state index >= 15 is 0 Å². The van der Waals surface area contributed by atoms with Crippen LogP contribution in [0.1, 0.15) is 32.1 Å². The molecule has 0 aromatic carbocycles. The fourth-order valence-electron chi connectivity index (χ4n) is 3.16. The number of alkyl halides is 4. The molecule has 0 aromatic rings. The van der Waals surface area contributed by atoms with E-state index in [-0.39, 0.29) is 28.8 Å². The second kappa shape index (κ2) is 6.57. The van der Waals surface area contributed by atoms with Crippen LogP contribution in [-0.4, -0.2) is 45.7 Å². The van der Waals surface area contributed by atoms with Crippen LogP contribution in [0.25, 0.3) is 0 Å². The van der Waals surface area contributed by atoms with Crippen molar-refractivity contribution in [2.45, 2.75) is 48.4 Å². The Morgan fingerprint density at radius 1 is 1.38 bits per heavy atom. The van der Waals surface area contributed by atoms with Gasteiger partial charge in [0.1, 0.15) is 0 Å². The van der Waals surface area contributed by atoms with Crippen molar-refractivity contribution in [1.29, 1.82) is 0 Å². The molecule has 21 heavy (non-hydrogen) atoms. The molecule has 0 radical (unpaired) electrons. The lowest BCUT2D eigenvalue weighted by atomic mass is 9.73. The summed E-state index contributed by atoms with van der Waals surface area (Å²) in [7, 11) is 1.74. The van der Waals surface area contributed by atoms with E-state index in [1.165, 1.54) is 0 Å². The summed E-state index contributed by atoms with van der Waals surface area (Å²) >= 11 is 2.21. The van der Waals surface area contributed by atoms with Gasteiger partial charge >= 0.3 is 6.18 Å². The van der Waals surface area contributed by atoms with Crippen molar-refractivity contribution in [2.24, 2.45) is 17.7 Å². The summed E-state index contributed by atoms with van der Waals surface area (Å²) in [6.45, 7) is 0.556. The Bertz CT molecular complexity index is 385. The molecule has 1 amide bonds. The third kappa shape index (κ3) is 4.01. The average Bonchev–Trinajstić information content (AvgIpc) is 2.23. The highest BCUT2D eigenvalue weighted by molar-refractivity contribution is 14.1. The van der Waals surface area contributed by atoms with Gasteiger partial charge in [0.2, 0.25) is 5.91 Å². The van der Waals surface area contributed by atoms with Gasteiger partial charge in [-0.15, -0.1) is 0 Å². The minimum Gasteiger partial charge on any atom is -0.326 e. The van der Waals surface area contributed by atoms with E-state index in [2.05, 4.69) is 22.6 Å². The van der Waals surface area contributed by atoms with Crippen LogP contribution in [0.15, 0.2) is 0 Å². The Morgan fingerprint density at radius 2 is 2.00 bits per heavy atom. The number of likely N-dealkylation sites (N-methyl/N-ethyl adjacent to an activating group) is 1. The number of rotatable bonds is 3. The highest BCUT2D eigenvalue weighted by Gasteiger charge is 2.51. The smallest absolute Gasteiger partial charge is 0.326 e. The van der Waals surface area contributed by atoms with Crippen molar-refractivity contribution in [3.8, 4) is 0 Å². The van der Waals surface area contributed by atoms with Gasteiger partial charge < -0.3 is 4.90 Å². The number of likely N-dealkylation sites (tertiary alicyclic amines) is 1. The Kier molecular flexibility index (Phi) is 5.40. The highest BCUT2D eigenvalue weighted by Crippen LogP contribution is 2.46. The number of hydrazine groups is 1. The standard InChI is InChI=1S/C13H21F3IN3O/c1-19(18)7-10-3-2-4-11(17)20(10)12(21)8-5-9(6-8)13(14,15)16/h8-11H,2-7,18H2,1H3. The zero-order chi connectivity index (χ0) is 15.8. The van der Waals surface area contributed by atoms with Crippen LogP contribution < -0.4 is 5.84 Å². The minimum absolute atomic E-state index is 0.00749. The minimum atomic E-state index is -4.17. The van der Waals surface area contributed by atoms with Gasteiger partial charge in [-0.1, -0.05) is 22.6 Å². The molecule has 2 fully saturated rings. The molecule has 4 nitrogen and oxygen atoms in total. The summed E-state index contributed by atoms with van der Waals surface area (Å²) < 4.78 is 37.7. The van der Waals surface area contributed by atoms with Crippen molar-refractivity contribution in [3.05, 3.63) is 0 Å². The monoisotopic (exact) mass is 419 g/mol. The third-order valence-electron chi connectivity index (χ3n) is 4.38. The van der Waals surface area contributed by atoms with Crippen molar-refractivity contribution in [1.82, 2.24) is 9.91 Å². The summed E-state index contributed by atoms with van der Waals surface area (Å²) in [4.78, 5) is 14.3. The zero-order valence-electron chi connectivity index (χ0n) is 11.9. The van der Waals surface area contributed by atoms with Crippen LogP contribution in [-0.2, 0) is 4.79 Å². The molecular weight excluding hydrogens is 398 g/mol. The number of nitrogens with two attached hydrogens (primary N) is 1. The second-order valence-electron chi connectivity index (χ2n) is 6.11. The van der Waals surface area contributed by atoms with Crippen molar-refractivity contribution >= 4 is 28.5 Å². The van der Waals surface area contributed by atoms with Crippen molar-refractivity contribution in [3.63, 3.8) is 0 Å². The van der Waals surface area contributed by atoms with Crippen molar-refractivity contribution < 1.29 is 18.0 Å². The number of hydrogen-bond donors (Lipinski definition) is 1. The number of amides is 1. The quantitative estimate of drug-likeness (QED) is 0.252. The van der Waals surface area contributed by atoms with Gasteiger partial charge in [-0.2, -0.15) is 13.2 Å². The first-order chi connectivity index (χ1) is 9.70. The molecule has 0 bridgehead atoms. The molecule has 2 N–H and O–H groups in total. The molecule has 2 rings (SSSR count). The molecule has 2 unspecified atom stereocenters. The Balaban J connectivity index is 1.99. The maximum absolute atomic E-state index is 12.6. The van der Waals surface area contributed by atoms with Gasteiger partial charge in [0.15, 0.2) is 0 Å². The van der Waals surface area contributed by atoms with Gasteiger partial charge in [0.05, 0.1) is 9.97 Å². The second-order valence-corrected chi connectivity index (χ2v) is 7.55. The molecule has 1 aliphatic carbocycles. The molecule has 1 saturated heterocycles. The molecule has 2 aliphatic rings. The molecule has 2 atom stereocenters. The van der Waals surface area contributed by atoms with E-state index in [1.54, 1.807) is 17.0 Å². The highest BCUT2D eigenvalue weighted by atomic mass is 127. The first-order valence-electron chi connectivity index (χ1n) is 7.19. The first-order valence-corrected chi connectivity index (χ1v) is 8.43. The van der Waals surface area contributed by atoms with E-state index in [9.17, 15) is 18.0 Å². The lowest BCUT2D eigenvalue weighted by Crippen LogP contribution is -2.56. The number of piperidine rings is 1.